The average molecular weight is 215 g/mol. The number of rotatable bonds is 9. The van der Waals surface area contributed by atoms with Crippen LogP contribution in [-0.2, 0) is 9.47 Å². The zero-order valence-electron chi connectivity index (χ0n) is 10.5. The number of ether oxygens (including phenoxy) is 2. The van der Waals surface area contributed by atoms with Gasteiger partial charge in [0.1, 0.15) is 0 Å². The summed E-state index contributed by atoms with van der Waals surface area (Å²) in [6.07, 6.45) is 3.02. The highest BCUT2D eigenvalue weighted by atomic mass is 16.7. The summed E-state index contributed by atoms with van der Waals surface area (Å²) in [5.74, 6) is 0. The van der Waals surface area contributed by atoms with Gasteiger partial charge in [-0.3, -0.25) is 0 Å². The van der Waals surface area contributed by atoms with E-state index in [1.54, 1.807) is 0 Å². The van der Waals surface area contributed by atoms with E-state index in [9.17, 15) is 0 Å². The predicted octanol–water partition coefficient (Wildman–Crippen LogP) is 2.33. The molecule has 0 spiro atoms. The van der Waals surface area contributed by atoms with Crippen molar-refractivity contribution in [1.29, 1.82) is 0 Å². The van der Waals surface area contributed by atoms with Gasteiger partial charge < -0.3 is 14.8 Å². The molecule has 0 radical (unpaired) electrons. The highest BCUT2D eigenvalue weighted by Gasteiger charge is 2.05. The molecule has 0 heterocycles. The first-order valence-corrected chi connectivity index (χ1v) is 5.78. The molecular formula is C12H25NO2. The lowest BCUT2D eigenvalue weighted by Crippen LogP contribution is -2.25. The Morgan fingerprint density at radius 1 is 1.20 bits per heavy atom. The van der Waals surface area contributed by atoms with Gasteiger partial charge in [-0.15, -0.1) is 0 Å². The van der Waals surface area contributed by atoms with Gasteiger partial charge in [0.15, 0.2) is 6.29 Å². The molecule has 0 aromatic carbocycles. The van der Waals surface area contributed by atoms with Crippen LogP contribution in [0.25, 0.3) is 0 Å². The van der Waals surface area contributed by atoms with Gasteiger partial charge in [0, 0.05) is 32.7 Å². The molecule has 0 atom stereocenters. The maximum Gasteiger partial charge on any atom is 0.158 e. The largest absolute Gasteiger partial charge is 0.353 e. The smallest absolute Gasteiger partial charge is 0.158 e. The lowest BCUT2D eigenvalue weighted by atomic mass is 10.3. The molecule has 0 aliphatic carbocycles. The second-order valence-electron chi connectivity index (χ2n) is 3.61. The van der Waals surface area contributed by atoms with E-state index in [2.05, 4.69) is 25.2 Å². The lowest BCUT2D eigenvalue weighted by Gasteiger charge is -2.16. The van der Waals surface area contributed by atoms with Crippen LogP contribution in [0.1, 0.15) is 34.1 Å². The van der Waals surface area contributed by atoms with Gasteiger partial charge in [0.25, 0.3) is 0 Å². The maximum absolute atomic E-state index is 5.43. The van der Waals surface area contributed by atoms with Gasteiger partial charge in [-0.05, 0) is 27.7 Å². The first-order chi connectivity index (χ1) is 7.20. The van der Waals surface area contributed by atoms with Crippen LogP contribution >= 0.6 is 0 Å². The third-order valence-electron chi connectivity index (χ3n) is 1.92. The fraction of sp³-hybridized carbons (Fsp3) is 0.833. The Bertz CT molecular complexity index is 159. The van der Waals surface area contributed by atoms with Gasteiger partial charge >= 0.3 is 0 Å². The minimum atomic E-state index is -0.0563. The summed E-state index contributed by atoms with van der Waals surface area (Å²) >= 11 is 0. The summed E-state index contributed by atoms with van der Waals surface area (Å²) in [6.45, 7) is 11.4. The first-order valence-electron chi connectivity index (χ1n) is 5.78. The molecule has 0 unspecified atom stereocenters. The summed E-state index contributed by atoms with van der Waals surface area (Å²) in [7, 11) is 0. The SMILES string of the molecule is CCOC(CCNCC=C(C)C)OCC. The molecular weight excluding hydrogens is 190 g/mol. The monoisotopic (exact) mass is 215 g/mol. The van der Waals surface area contributed by atoms with Crippen LogP contribution in [0, 0.1) is 0 Å². The van der Waals surface area contributed by atoms with Gasteiger partial charge in [-0.1, -0.05) is 11.6 Å². The van der Waals surface area contributed by atoms with Crippen molar-refractivity contribution in [3.05, 3.63) is 11.6 Å². The Morgan fingerprint density at radius 2 is 1.80 bits per heavy atom. The minimum Gasteiger partial charge on any atom is -0.353 e. The third kappa shape index (κ3) is 9.91. The Morgan fingerprint density at radius 3 is 2.27 bits per heavy atom. The van der Waals surface area contributed by atoms with Crippen molar-refractivity contribution in [2.45, 2.75) is 40.4 Å². The molecule has 15 heavy (non-hydrogen) atoms. The Kier molecular flexibility index (Phi) is 9.89. The molecule has 0 aliphatic heterocycles. The van der Waals surface area contributed by atoms with Gasteiger partial charge in [0.05, 0.1) is 0 Å². The van der Waals surface area contributed by atoms with Gasteiger partial charge in [-0.2, -0.15) is 0 Å². The summed E-state index contributed by atoms with van der Waals surface area (Å²) in [6, 6.07) is 0. The van der Waals surface area contributed by atoms with Crippen molar-refractivity contribution in [2.24, 2.45) is 0 Å². The molecule has 0 aromatic heterocycles. The molecule has 0 rings (SSSR count). The number of hydrogen-bond acceptors (Lipinski definition) is 3. The van der Waals surface area contributed by atoms with Crippen LogP contribution in [0.3, 0.4) is 0 Å². The molecule has 0 bridgehead atoms. The van der Waals surface area contributed by atoms with E-state index >= 15 is 0 Å². The fourth-order valence-electron chi connectivity index (χ4n) is 1.18. The fourth-order valence-corrected chi connectivity index (χ4v) is 1.18. The van der Waals surface area contributed by atoms with Crippen molar-refractivity contribution in [2.75, 3.05) is 26.3 Å². The zero-order valence-corrected chi connectivity index (χ0v) is 10.5. The number of hydrogen-bond donors (Lipinski definition) is 1. The quantitative estimate of drug-likeness (QED) is 0.364. The van der Waals surface area contributed by atoms with Crippen molar-refractivity contribution in [1.82, 2.24) is 5.32 Å². The molecule has 0 amide bonds. The van der Waals surface area contributed by atoms with E-state index < -0.39 is 0 Å². The first kappa shape index (κ1) is 14.6. The van der Waals surface area contributed by atoms with E-state index in [0.717, 1.165) is 19.5 Å². The Hall–Kier alpha value is -0.380. The molecule has 3 nitrogen and oxygen atoms in total. The summed E-state index contributed by atoms with van der Waals surface area (Å²) < 4.78 is 10.9. The second kappa shape index (κ2) is 10.1. The summed E-state index contributed by atoms with van der Waals surface area (Å²) in [5.41, 5.74) is 1.34. The molecule has 0 fully saturated rings. The number of allylic oxidation sites excluding steroid dienone is 1. The lowest BCUT2D eigenvalue weighted by molar-refractivity contribution is -0.138. The van der Waals surface area contributed by atoms with Crippen LogP contribution in [0.5, 0.6) is 0 Å². The standard InChI is InChI=1S/C12H25NO2/c1-5-14-12(15-6-2)8-10-13-9-7-11(3)4/h7,12-13H,5-6,8-10H2,1-4H3. The molecule has 90 valence electrons. The topological polar surface area (TPSA) is 30.5 Å². The van der Waals surface area contributed by atoms with Crippen molar-refractivity contribution >= 4 is 0 Å². The van der Waals surface area contributed by atoms with E-state index in [1.807, 2.05) is 13.8 Å². The van der Waals surface area contributed by atoms with Crippen LogP contribution in [0.15, 0.2) is 11.6 Å². The second-order valence-corrected chi connectivity index (χ2v) is 3.61. The molecule has 0 saturated heterocycles. The third-order valence-corrected chi connectivity index (χ3v) is 1.92. The Labute approximate surface area is 93.8 Å². The summed E-state index contributed by atoms with van der Waals surface area (Å²) in [5, 5.41) is 3.33. The van der Waals surface area contributed by atoms with Crippen LogP contribution in [0.2, 0.25) is 0 Å². The highest BCUT2D eigenvalue weighted by Crippen LogP contribution is 1.99. The van der Waals surface area contributed by atoms with E-state index in [0.29, 0.717) is 13.2 Å². The van der Waals surface area contributed by atoms with E-state index in [4.69, 9.17) is 9.47 Å². The van der Waals surface area contributed by atoms with Crippen molar-refractivity contribution < 1.29 is 9.47 Å². The zero-order chi connectivity index (χ0) is 11.5. The maximum atomic E-state index is 5.43. The van der Waals surface area contributed by atoms with E-state index in [1.165, 1.54) is 5.57 Å². The molecule has 0 aromatic rings. The van der Waals surface area contributed by atoms with E-state index in [-0.39, 0.29) is 6.29 Å². The highest BCUT2D eigenvalue weighted by molar-refractivity contribution is 4.94. The normalized spacial score (nSPS) is 10.7. The summed E-state index contributed by atoms with van der Waals surface area (Å²) in [4.78, 5) is 0. The van der Waals surface area contributed by atoms with Gasteiger partial charge in [-0.25, -0.2) is 0 Å². The average Bonchev–Trinajstić information content (AvgIpc) is 2.17. The Balaban J connectivity index is 3.48. The van der Waals surface area contributed by atoms with Crippen LogP contribution < -0.4 is 5.32 Å². The van der Waals surface area contributed by atoms with Crippen LogP contribution in [0.4, 0.5) is 0 Å². The molecule has 0 aliphatic rings. The molecule has 3 heteroatoms. The number of nitrogens with one attached hydrogen (secondary N) is 1. The van der Waals surface area contributed by atoms with Gasteiger partial charge in [0.2, 0.25) is 0 Å². The van der Waals surface area contributed by atoms with Crippen molar-refractivity contribution in [3.63, 3.8) is 0 Å². The molecule has 0 saturated carbocycles. The molecule has 1 N–H and O–H groups in total. The minimum absolute atomic E-state index is 0.0563. The predicted molar refractivity (Wildman–Crippen MR) is 64.0 cm³/mol. The van der Waals surface area contributed by atoms with Crippen molar-refractivity contribution in [3.8, 4) is 0 Å². The van der Waals surface area contributed by atoms with Crippen LogP contribution in [-0.4, -0.2) is 32.6 Å².